The van der Waals surface area contributed by atoms with Crippen molar-refractivity contribution in [2.75, 3.05) is 47.9 Å². The van der Waals surface area contributed by atoms with E-state index >= 15 is 0 Å². The minimum atomic E-state index is -1.56. The number of fused-ring (bicyclic) bond motifs is 1. The van der Waals surface area contributed by atoms with Crippen LogP contribution in [0.2, 0.25) is 0 Å². The van der Waals surface area contributed by atoms with Crippen LogP contribution < -0.4 is 32.0 Å². The molecule has 0 aromatic heterocycles. The number of benzene rings is 2. The van der Waals surface area contributed by atoms with Crippen molar-refractivity contribution in [1.82, 2.24) is 56.6 Å². The molecule has 22 nitrogen and oxygen atoms in total. The van der Waals surface area contributed by atoms with Crippen molar-refractivity contribution in [3.63, 3.8) is 0 Å². The number of aliphatic hydroxyl groups is 2. The first-order valence-electron chi connectivity index (χ1n) is 26.7. The van der Waals surface area contributed by atoms with Gasteiger partial charge in [-0.1, -0.05) is 102 Å². The normalized spacial score (nSPS) is 27.7. The van der Waals surface area contributed by atoms with Gasteiger partial charge in [0.2, 0.25) is 47.3 Å². The van der Waals surface area contributed by atoms with E-state index in [0.717, 1.165) is 9.91 Å². The average molecular weight is 1080 g/mol. The molecule has 2 saturated heterocycles. The molecule has 4 rings (SSSR count). The van der Waals surface area contributed by atoms with E-state index in [0.29, 0.717) is 17.5 Å². The minimum Gasteiger partial charge on any atom is -0.394 e. The lowest BCUT2D eigenvalue weighted by atomic mass is 9.98. The topological polar surface area (TPSA) is 282 Å². The Morgan fingerprint density at radius 2 is 1.08 bits per heavy atom. The summed E-state index contributed by atoms with van der Waals surface area (Å²) >= 11 is 0. The van der Waals surface area contributed by atoms with Crippen molar-refractivity contribution in [1.29, 1.82) is 0 Å². The van der Waals surface area contributed by atoms with Crippen molar-refractivity contribution >= 4 is 53.2 Å². The van der Waals surface area contributed by atoms with E-state index in [1.54, 1.807) is 88.4 Å². The lowest BCUT2D eigenvalue weighted by Crippen LogP contribution is -2.66. The minimum absolute atomic E-state index is 0.00647. The number of hydrazine groups is 1. The van der Waals surface area contributed by atoms with Gasteiger partial charge < -0.3 is 51.5 Å². The summed E-state index contributed by atoms with van der Waals surface area (Å²) in [6.45, 7) is 12.9. The van der Waals surface area contributed by atoms with Crippen LogP contribution in [0.15, 0.2) is 60.7 Å². The summed E-state index contributed by atoms with van der Waals surface area (Å²) in [5.41, 5.74) is 4.36. The average Bonchev–Trinajstić information content (AvgIpc) is 3.39. The third-order valence-electron chi connectivity index (χ3n) is 14.4. The molecule has 22 heteroatoms. The summed E-state index contributed by atoms with van der Waals surface area (Å²) in [4.78, 5) is 134. The van der Waals surface area contributed by atoms with Gasteiger partial charge in [-0.15, -0.1) is 0 Å². The standard InChI is InChI=1S/C55H85N11O11/c1-32(2)28-39-53(75)64(11)43(31-67)55(77)66-40(24-19-26-57-66)54(76)63(10)42(30-38-22-17-14-18-23-38)49(71)61-45(33(3)4)50(72)58-35(7)47(69)56-27-25-44(68)65(12)46(34(5)6)51(73)59-36(8)52(74)62(9)41(48(70)60-39)29-37-20-15-13-16-21-37/h13-18,20-23,32-36,39-46,57,67-68H,19,24-31H2,1-12H3,(H,56,69)(H,58,72)(H,59,73)(H,60,70)(H,61,71). The Morgan fingerprint density at radius 3 is 1.60 bits per heavy atom. The monoisotopic (exact) mass is 1080 g/mol. The summed E-state index contributed by atoms with van der Waals surface area (Å²) in [5, 5.41) is 37.1. The van der Waals surface area contributed by atoms with Gasteiger partial charge in [0.25, 0.3) is 5.91 Å². The van der Waals surface area contributed by atoms with Gasteiger partial charge in [-0.25, -0.2) is 5.43 Å². The molecule has 0 bridgehead atoms. The molecular formula is C55H85N11O11. The van der Waals surface area contributed by atoms with Gasteiger partial charge in [0, 0.05) is 53.5 Å². The van der Waals surface area contributed by atoms with Gasteiger partial charge in [-0.05, 0) is 69.0 Å². The molecule has 0 aliphatic carbocycles. The Morgan fingerprint density at radius 1 is 0.558 bits per heavy atom. The number of carbonyl (C=O) groups is 9. The van der Waals surface area contributed by atoms with E-state index < -0.39 is 126 Å². The van der Waals surface area contributed by atoms with Crippen molar-refractivity contribution in [2.24, 2.45) is 17.8 Å². The van der Waals surface area contributed by atoms with Crippen molar-refractivity contribution in [3.05, 3.63) is 71.8 Å². The van der Waals surface area contributed by atoms with E-state index in [9.17, 15) is 53.4 Å². The Balaban J connectivity index is 1.80. The number of nitrogens with zero attached hydrogens (tertiary/aromatic N) is 5. The molecule has 77 heavy (non-hydrogen) atoms. The van der Waals surface area contributed by atoms with Crippen molar-refractivity contribution < 1.29 is 53.4 Å². The van der Waals surface area contributed by atoms with E-state index in [2.05, 4.69) is 32.0 Å². The number of aliphatic hydroxyl groups excluding tert-OH is 2. The Hall–Kier alpha value is -6.49. The maximum absolute atomic E-state index is 14.8. The first-order chi connectivity index (χ1) is 36.3. The van der Waals surface area contributed by atoms with Gasteiger partial charge in [-0.2, -0.15) is 0 Å². The first kappa shape index (κ1) is 63.0. The van der Waals surface area contributed by atoms with Gasteiger partial charge in [0.05, 0.1) is 12.6 Å². The summed E-state index contributed by atoms with van der Waals surface area (Å²) in [6.07, 6.45) is -0.608. The lowest BCUT2D eigenvalue weighted by Gasteiger charge is -2.41. The van der Waals surface area contributed by atoms with Crippen LogP contribution in [0.25, 0.3) is 0 Å². The quantitative estimate of drug-likeness (QED) is 0.163. The van der Waals surface area contributed by atoms with Gasteiger partial charge >= 0.3 is 0 Å². The zero-order valence-corrected chi connectivity index (χ0v) is 46.9. The molecule has 10 atom stereocenters. The van der Waals surface area contributed by atoms with Crippen LogP contribution in [0.1, 0.15) is 92.2 Å². The van der Waals surface area contributed by atoms with E-state index in [1.807, 2.05) is 13.8 Å². The second-order valence-electron chi connectivity index (χ2n) is 21.5. The number of carbonyl (C=O) groups excluding carboxylic acids is 9. The van der Waals surface area contributed by atoms with E-state index in [4.69, 9.17) is 0 Å². The van der Waals surface area contributed by atoms with Gasteiger partial charge in [-0.3, -0.25) is 53.1 Å². The lowest BCUT2D eigenvalue weighted by molar-refractivity contribution is -0.159. The van der Waals surface area contributed by atoms with E-state index in [-0.39, 0.29) is 57.0 Å². The Labute approximate surface area is 453 Å². The molecule has 0 spiro atoms. The highest BCUT2D eigenvalue weighted by molar-refractivity contribution is 5.98. The van der Waals surface area contributed by atoms with Crippen LogP contribution in [0, 0.1) is 17.8 Å². The van der Waals surface area contributed by atoms with Crippen LogP contribution in [-0.2, 0) is 56.0 Å². The third kappa shape index (κ3) is 17.0. The zero-order chi connectivity index (χ0) is 57.4. The predicted molar refractivity (Wildman–Crippen MR) is 288 cm³/mol. The molecule has 2 fully saturated rings. The highest BCUT2D eigenvalue weighted by atomic mass is 16.3. The van der Waals surface area contributed by atoms with Crippen LogP contribution in [-0.4, -0.2) is 196 Å². The van der Waals surface area contributed by atoms with Crippen molar-refractivity contribution in [3.8, 4) is 0 Å². The molecule has 2 aliphatic rings. The third-order valence-corrected chi connectivity index (χ3v) is 14.4. The zero-order valence-electron chi connectivity index (χ0n) is 46.9. The maximum atomic E-state index is 14.8. The number of hydrogen-bond donors (Lipinski definition) is 8. The number of nitrogens with one attached hydrogen (secondary N) is 6. The van der Waals surface area contributed by atoms with Crippen LogP contribution >= 0.6 is 0 Å². The summed E-state index contributed by atoms with van der Waals surface area (Å²) in [5.74, 6) is -7.16. The summed E-state index contributed by atoms with van der Waals surface area (Å²) in [6, 6.07) is 6.91. The second-order valence-corrected chi connectivity index (χ2v) is 21.5. The number of amides is 9. The van der Waals surface area contributed by atoms with Crippen LogP contribution in [0.4, 0.5) is 0 Å². The summed E-state index contributed by atoms with van der Waals surface area (Å²) in [7, 11) is 5.70. The molecular weight excluding hydrogens is 991 g/mol. The highest BCUT2D eigenvalue weighted by Gasteiger charge is 2.44. The van der Waals surface area contributed by atoms with Gasteiger partial charge in [0.1, 0.15) is 54.6 Å². The molecule has 0 saturated carbocycles. The molecule has 10 unspecified atom stereocenters. The summed E-state index contributed by atoms with van der Waals surface area (Å²) < 4.78 is 0. The van der Waals surface area contributed by atoms with Gasteiger partial charge in [0.15, 0.2) is 0 Å². The smallest absolute Gasteiger partial charge is 0.262 e. The second kappa shape index (κ2) is 29.3. The molecule has 2 heterocycles. The SMILES string of the molecule is CC(C)CC1NC(=O)C(Cc2ccccc2)N(C)C(=O)C(C)NC(=O)C(C(C)C)N(C)C(O)CCNC(=O)C(C)NC(=O)C(C(C)C)NC(=O)C(Cc2ccccc2)N(C)C(=O)C2CCCNN2C(=O)C(CO)N(C)C1=O. The first-order valence-corrected chi connectivity index (χ1v) is 26.7. The Kier molecular flexibility index (Phi) is 24.0. The van der Waals surface area contributed by atoms with E-state index in [1.165, 1.54) is 56.7 Å². The fourth-order valence-corrected chi connectivity index (χ4v) is 9.76. The fraction of sp³-hybridized carbons (Fsp3) is 0.618. The molecule has 9 amide bonds. The molecule has 0 radical (unpaired) electrons. The molecule has 2 aliphatic heterocycles. The van der Waals surface area contributed by atoms with Crippen LogP contribution in [0.5, 0.6) is 0 Å². The van der Waals surface area contributed by atoms with Crippen LogP contribution in [0.3, 0.4) is 0 Å². The fourth-order valence-electron chi connectivity index (χ4n) is 9.76. The highest BCUT2D eigenvalue weighted by Crippen LogP contribution is 2.22. The Bertz CT molecular complexity index is 2340. The number of likely N-dealkylation sites (N-methyl/N-ethyl adjacent to an activating group) is 4. The molecule has 8 N–H and O–H groups in total. The maximum Gasteiger partial charge on any atom is 0.262 e. The molecule has 426 valence electrons. The van der Waals surface area contributed by atoms with Crippen molar-refractivity contribution in [2.45, 2.75) is 155 Å². The number of hydrogen-bond acceptors (Lipinski definition) is 13. The predicted octanol–water partition coefficient (Wildman–Crippen LogP) is -0.0835. The number of rotatable bonds is 9. The molecule has 2 aromatic rings. The molecule has 2 aromatic carbocycles. The largest absolute Gasteiger partial charge is 0.394 e.